The van der Waals surface area contributed by atoms with Gasteiger partial charge in [-0.25, -0.2) is 0 Å². The molecule has 0 bridgehead atoms. The number of carbonyl (C=O) groups excluding carboxylic acids is 1. The smallest absolute Gasteiger partial charge is 0.223 e. The molecule has 7 heteroatoms. The fraction of sp³-hybridized carbons (Fsp3) is 0.471. The highest BCUT2D eigenvalue weighted by atomic mass is 16.5. The summed E-state index contributed by atoms with van der Waals surface area (Å²) in [5.41, 5.74) is 0.490. The van der Waals surface area contributed by atoms with E-state index in [1.165, 1.54) is 6.20 Å². The van der Waals surface area contributed by atoms with Crippen molar-refractivity contribution in [2.75, 3.05) is 19.7 Å². The van der Waals surface area contributed by atoms with Crippen molar-refractivity contribution in [1.82, 2.24) is 20.3 Å². The normalized spacial score (nSPS) is 20.3. The van der Waals surface area contributed by atoms with Crippen LogP contribution in [0.4, 0.5) is 0 Å². The van der Waals surface area contributed by atoms with E-state index in [-0.39, 0.29) is 12.5 Å². The van der Waals surface area contributed by atoms with Crippen molar-refractivity contribution in [2.24, 2.45) is 0 Å². The number of likely N-dealkylation sites (tertiary alicyclic amines) is 1. The monoisotopic (exact) mass is 330 g/mol. The number of nitrogens with one attached hydrogen (secondary N) is 1. The maximum absolute atomic E-state index is 12.4. The van der Waals surface area contributed by atoms with Crippen LogP contribution in [-0.2, 0) is 16.8 Å². The molecule has 1 aliphatic rings. The predicted molar refractivity (Wildman–Crippen MR) is 87.4 cm³/mol. The predicted octanol–water partition coefficient (Wildman–Crippen LogP) is 1.26. The van der Waals surface area contributed by atoms with Gasteiger partial charge >= 0.3 is 0 Å². The zero-order valence-corrected chi connectivity index (χ0v) is 13.7. The second-order valence-corrected chi connectivity index (χ2v) is 6.03. The molecule has 1 amide bonds. The summed E-state index contributed by atoms with van der Waals surface area (Å²) in [7, 11) is 0. The van der Waals surface area contributed by atoms with Gasteiger partial charge in [0, 0.05) is 19.4 Å². The van der Waals surface area contributed by atoms with Gasteiger partial charge in [-0.15, -0.1) is 0 Å². The summed E-state index contributed by atoms with van der Waals surface area (Å²) >= 11 is 0. The Morgan fingerprint density at radius 2 is 2.21 bits per heavy atom. The Morgan fingerprint density at radius 3 is 2.88 bits per heavy atom. The summed E-state index contributed by atoms with van der Waals surface area (Å²) in [4.78, 5) is 14.1. The van der Waals surface area contributed by atoms with Crippen LogP contribution < -0.4 is 4.74 Å². The minimum atomic E-state index is -1.10. The summed E-state index contributed by atoms with van der Waals surface area (Å²) in [6, 6.07) is 7.80. The lowest BCUT2D eigenvalue weighted by atomic mass is 10.00. The molecule has 0 saturated carbocycles. The maximum atomic E-state index is 12.4. The zero-order valence-electron chi connectivity index (χ0n) is 13.7. The minimum Gasteiger partial charge on any atom is -0.494 e. The van der Waals surface area contributed by atoms with Crippen LogP contribution in [0.1, 0.15) is 31.0 Å². The number of nitrogens with zero attached hydrogens (tertiary/aromatic N) is 3. The summed E-state index contributed by atoms with van der Waals surface area (Å²) in [6.45, 7) is 3.39. The van der Waals surface area contributed by atoms with E-state index in [9.17, 15) is 9.90 Å². The van der Waals surface area contributed by atoms with Crippen molar-refractivity contribution in [3.63, 3.8) is 0 Å². The van der Waals surface area contributed by atoms with E-state index in [1.807, 2.05) is 31.2 Å². The number of aliphatic hydroxyl groups is 1. The number of benzene rings is 1. The molecule has 1 atom stereocenters. The minimum absolute atomic E-state index is 0.0447. The molecule has 0 aliphatic carbocycles. The largest absolute Gasteiger partial charge is 0.494 e. The van der Waals surface area contributed by atoms with E-state index in [0.29, 0.717) is 38.1 Å². The van der Waals surface area contributed by atoms with Crippen LogP contribution in [0.2, 0.25) is 0 Å². The van der Waals surface area contributed by atoms with Gasteiger partial charge in [0.15, 0.2) is 0 Å². The molecule has 1 aliphatic heterocycles. The molecule has 24 heavy (non-hydrogen) atoms. The number of carbonyl (C=O) groups is 1. The first-order valence-corrected chi connectivity index (χ1v) is 8.19. The number of H-pyrrole nitrogens is 1. The fourth-order valence-electron chi connectivity index (χ4n) is 2.97. The molecule has 1 aromatic carbocycles. The number of aromatic amines is 1. The third-order valence-corrected chi connectivity index (χ3v) is 4.35. The molecule has 0 unspecified atom stereocenters. The summed E-state index contributed by atoms with van der Waals surface area (Å²) in [5.74, 6) is 0.883. The third-order valence-electron chi connectivity index (χ3n) is 4.35. The molecule has 1 fully saturated rings. The van der Waals surface area contributed by atoms with Crippen LogP contribution in [0.3, 0.4) is 0 Å². The lowest BCUT2D eigenvalue weighted by Crippen LogP contribution is -2.34. The van der Waals surface area contributed by atoms with Gasteiger partial charge in [-0.3, -0.25) is 4.79 Å². The number of aromatic nitrogens is 3. The molecular formula is C17H22N4O3. The summed E-state index contributed by atoms with van der Waals surface area (Å²) in [5, 5.41) is 20.8. The van der Waals surface area contributed by atoms with Crippen molar-refractivity contribution in [3.8, 4) is 5.75 Å². The van der Waals surface area contributed by atoms with Gasteiger partial charge in [-0.05, 0) is 31.0 Å². The SMILES string of the molecule is CCOc1ccc(CCC(=O)N2CC[C@](O)(c3cn[nH]n3)C2)cc1. The molecule has 2 N–H and O–H groups in total. The Bertz CT molecular complexity index is 672. The Kier molecular flexibility index (Phi) is 4.80. The molecule has 0 spiro atoms. The van der Waals surface area contributed by atoms with Crippen LogP contribution >= 0.6 is 0 Å². The molecule has 3 rings (SSSR count). The molecule has 1 aromatic heterocycles. The van der Waals surface area contributed by atoms with Crippen LogP contribution in [0.15, 0.2) is 30.5 Å². The van der Waals surface area contributed by atoms with E-state index in [4.69, 9.17) is 4.74 Å². The highest BCUT2D eigenvalue weighted by Crippen LogP contribution is 2.30. The van der Waals surface area contributed by atoms with Crippen molar-refractivity contribution < 1.29 is 14.6 Å². The van der Waals surface area contributed by atoms with E-state index in [0.717, 1.165) is 11.3 Å². The molecule has 2 aromatic rings. The van der Waals surface area contributed by atoms with Crippen LogP contribution in [0, 0.1) is 0 Å². The second-order valence-electron chi connectivity index (χ2n) is 6.03. The lowest BCUT2D eigenvalue weighted by Gasteiger charge is -2.21. The molecule has 128 valence electrons. The van der Waals surface area contributed by atoms with Crippen molar-refractivity contribution in [2.45, 2.75) is 31.8 Å². The summed E-state index contributed by atoms with van der Waals surface area (Å²) < 4.78 is 5.41. The lowest BCUT2D eigenvalue weighted by molar-refractivity contribution is -0.131. The molecular weight excluding hydrogens is 308 g/mol. The average molecular weight is 330 g/mol. The van der Waals surface area contributed by atoms with E-state index in [2.05, 4.69) is 15.4 Å². The molecule has 0 radical (unpaired) electrons. The van der Waals surface area contributed by atoms with E-state index < -0.39 is 5.60 Å². The quantitative estimate of drug-likeness (QED) is 0.832. The first kappa shape index (κ1) is 16.4. The highest BCUT2D eigenvalue weighted by Gasteiger charge is 2.41. The van der Waals surface area contributed by atoms with Crippen LogP contribution in [-0.4, -0.2) is 51.0 Å². The topological polar surface area (TPSA) is 91.3 Å². The zero-order chi connectivity index (χ0) is 17.0. The summed E-state index contributed by atoms with van der Waals surface area (Å²) in [6.07, 6.45) is 3.08. The maximum Gasteiger partial charge on any atom is 0.223 e. The number of hydrogen-bond acceptors (Lipinski definition) is 5. The van der Waals surface area contributed by atoms with Crippen molar-refractivity contribution >= 4 is 5.91 Å². The van der Waals surface area contributed by atoms with Gasteiger partial charge in [-0.1, -0.05) is 12.1 Å². The molecule has 1 saturated heterocycles. The third kappa shape index (κ3) is 3.56. The van der Waals surface area contributed by atoms with E-state index >= 15 is 0 Å². The van der Waals surface area contributed by atoms with Gasteiger partial charge in [0.25, 0.3) is 0 Å². The van der Waals surface area contributed by atoms with Crippen LogP contribution in [0.25, 0.3) is 0 Å². The van der Waals surface area contributed by atoms with Gasteiger partial charge < -0.3 is 14.7 Å². The molecule has 2 heterocycles. The van der Waals surface area contributed by atoms with Gasteiger partial charge in [-0.2, -0.15) is 15.4 Å². The Labute approximate surface area is 140 Å². The van der Waals surface area contributed by atoms with Crippen molar-refractivity contribution in [3.05, 3.63) is 41.7 Å². The number of rotatable bonds is 6. The number of hydrogen-bond donors (Lipinski definition) is 2. The number of aryl methyl sites for hydroxylation is 1. The Morgan fingerprint density at radius 1 is 1.42 bits per heavy atom. The number of ether oxygens (including phenoxy) is 1. The first-order chi connectivity index (χ1) is 11.6. The van der Waals surface area contributed by atoms with Gasteiger partial charge in [0.2, 0.25) is 5.91 Å². The number of amides is 1. The first-order valence-electron chi connectivity index (χ1n) is 8.19. The van der Waals surface area contributed by atoms with E-state index in [1.54, 1.807) is 4.90 Å². The van der Waals surface area contributed by atoms with Crippen molar-refractivity contribution in [1.29, 1.82) is 0 Å². The van der Waals surface area contributed by atoms with Gasteiger partial charge in [0.05, 0.1) is 19.3 Å². The Balaban J connectivity index is 1.52. The molecule has 7 nitrogen and oxygen atoms in total. The fourth-order valence-corrected chi connectivity index (χ4v) is 2.97. The standard InChI is InChI=1S/C17H22N4O3/c1-2-24-14-6-3-13(4-7-14)5-8-16(22)21-10-9-17(23,12-21)15-11-18-20-19-15/h3-4,6-7,11,23H,2,5,8-10,12H2,1H3,(H,18,19,20)/t17-/m1/s1. The number of β-amino-alcohol motifs (C(OH)–C–C–N with tert-alkyl or cyclic N) is 1. The second kappa shape index (κ2) is 7.00. The van der Waals surface area contributed by atoms with Gasteiger partial charge in [0.1, 0.15) is 17.0 Å². The van der Waals surface area contributed by atoms with Crippen LogP contribution in [0.5, 0.6) is 5.75 Å². The highest BCUT2D eigenvalue weighted by molar-refractivity contribution is 5.77. The Hall–Kier alpha value is -2.41. The average Bonchev–Trinajstić information content (AvgIpc) is 3.25.